The van der Waals surface area contributed by atoms with Crippen LogP contribution in [0, 0.1) is 6.92 Å². The van der Waals surface area contributed by atoms with E-state index in [1.165, 1.54) is 13.3 Å². The number of nitrogens with zero attached hydrogens (tertiary/aromatic N) is 1. The molecule has 1 heterocycles. The number of rotatable bonds is 3. The second kappa shape index (κ2) is 5.10. The molecule has 1 amide bonds. The summed E-state index contributed by atoms with van der Waals surface area (Å²) < 4.78 is 9.97. The molecule has 1 N–H and O–H groups in total. The van der Waals surface area contributed by atoms with Gasteiger partial charge in [-0.1, -0.05) is 16.8 Å². The Morgan fingerprint density at radius 2 is 2.28 bits per heavy atom. The Bertz CT molecular complexity index is 580. The van der Waals surface area contributed by atoms with Crippen LogP contribution in [-0.4, -0.2) is 18.2 Å². The fourth-order valence-electron chi connectivity index (χ4n) is 1.48. The first-order valence-electron chi connectivity index (χ1n) is 5.18. The number of amides is 1. The minimum Gasteiger partial charge on any atom is -0.495 e. The number of carbonyl (C=O) groups excluding carboxylic acids is 1. The summed E-state index contributed by atoms with van der Waals surface area (Å²) in [5, 5.41) is 6.76. The largest absolute Gasteiger partial charge is 0.495 e. The van der Waals surface area contributed by atoms with Gasteiger partial charge in [0.05, 0.1) is 19.0 Å². The van der Waals surface area contributed by atoms with E-state index >= 15 is 0 Å². The van der Waals surface area contributed by atoms with Crippen molar-refractivity contribution in [3.63, 3.8) is 0 Å². The van der Waals surface area contributed by atoms with E-state index in [1.54, 1.807) is 25.1 Å². The van der Waals surface area contributed by atoms with Crippen LogP contribution in [0.3, 0.4) is 0 Å². The van der Waals surface area contributed by atoms with Gasteiger partial charge in [-0.25, -0.2) is 0 Å². The average Bonchev–Trinajstić information content (AvgIpc) is 2.76. The number of aromatic nitrogens is 1. The van der Waals surface area contributed by atoms with Gasteiger partial charge in [-0.2, -0.15) is 0 Å². The second-order valence-corrected chi connectivity index (χ2v) is 4.03. The summed E-state index contributed by atoms with van der Waals surface area (Å²) in [6.45, 7) is 1.66. The van der Waals surface area contributed by atoms with E-state index in [0.29, 0.717) is 27.8 Å². The molecule has 0 radical (unpaired) electrons. The lowest BCUT2D eigenvalue weighted by atomic mass is 10.2. The molecule has 0 unspecified atom stereocenters. The van der Waals surface area contributed by atoms with Gasteiger partial charge in [-0.3, -0.25) is 4.79 Å². The summed E-state index contributed by atoms with van der Waals surface area (Å²) in [7, 11) is 1.52. The summed E-state index contributed by atoms with van der Waals surface area (Å²) in [5.74, 6) is 0.657. The van der Waals surface area contributed by atoms with Crippen LogP contribution < -0.4 is 10.1 Å². The zero-order valence-corrected chi connectivity index (χ0v) is 10.6. The molecular formula is C12H11ClN2O3. The minimum absolute atomic E-state index is 0.325. The molecule has 1 aromatic carbocycles. The van der Waals surface area contributed by atoms with Crippen molar-refractivity contribution < 1.29 is 14.1 Å². The number of benzene rings is 1. The molecule has 0 saturated carbocycles. The fourth-order valence-corrected chi connectivity index (χ4v) is 1.66. The highest BCUT2D eigenvalue weighted by Crippen LogP contribution is 2.28. The molecule has 18 heavy (non-hydrogen) atoms. The molecule has 1 aromatic heterocycles. The number of hydrogen-bond donors (Lipinski definition) is 1. The fraction of sp³-hybridized carbons (Fsp3) is 0.167. The standard InChI is InChI=1S/C12H11ClN2O3/c1-7-9(6-14-18-7)12(16)15-10-5-8(13)3-4-11(10)17-2/h3-6H,1-2H3,(H,15,16). The topological polar surface area (TPSA) is 64.4 Å². The highest BCUT2D eigenvalue weighted by Gasteiger charge is 2.15. The van der Waals surface area contributed by atoms with E-state index < -0.39 is 0 Å². The number of hydrogen-bond acceptors (Lipinski definition) is 4. The molecule has 0 aliphatic rings. The van der Waals surface area contributed by atoms with E-state index in [9.17, 15) is 4.79 Å². The summed E-state index contributed by atoms with van der Waals surface area (Å²) in [4.78, 5) is 12.0. The molecule has 0 bridgehead atoms. The number of methoxy groups -OCH3 is 1. The average molecular weight is 267 g/mol. The number of halogens is 1. The molecule has 0 aliphatic heterocycles. The molecule has 0 atom stereocenters. The number of aryl methyl sites for hydroxylation is 1. The first kappa shape index (κ1) is 12.4. The van der Waals surface area contributed by atoms with Crippen LogP contribution in [0.15, 0.2) is 28.9 Å². The van der Waals surface area contributed by atoms with Gasteiger partial charge in [0, 0.05) is 5.02 Å². The Labute approximate surface area is 109 Å². The highest BCUT2D eigenvalue weighted by molar-refractivity contribution is 6.31. The van der Waals surface area contributed by atoms with Gasteiger partial charge in [0.1, 0.15) is 17.1 Å². The highest BCUT2D eigenvalue weighted by atomic mass is 35.5. The van der Waals surface area contributed by atoms with Crippen LogP contribution in [0.1, 0.15) is 16.1 Å². The van der Waals surface area contributed by atoms with E-state index in [0.717, 1.165) is 0 Å². The predicted molar refractivity (Wildman–Crippen MR) is 67.2 cm³/mol. The Kier molecular flexibility index (Phi) is 3.53. The first-order chi connectivity index (χ1) is 8.61. The van der Waals surface area contributed by atoms with Crippen LogP contribution in [0.25, 0.3) is 0 Å². The number of carbonyl (C=O) groups is 1. The summed E-state index contributed by atoms with van der Waals surface area (Å²) in [6.07, 6.45) is 1.36. The lowest BCUT2D eigenvalue weighted by molar-refractivity contribution is 0.102. The van der Waals surface area contributed by atoms with Gasteiger partial charge in [0.25, 0.3) is 5.91 Å². The van der Waals surface area contributed by atoms with E-state index in [2.05, 4.69) is 10.5 Å². The SMILES string of the molecule is COc1ccc(Cl)cc1NC(=O)c1cnoc1C. The predicted octanol–water partition coefficient (Wildman–Crippen LogP) is 2.90. The second-order valence-electron chi connectivity index (χ2n) is 3.59. The number of nitrogens with one attached hydrogen (secondary N) is 1. The van der Waals surface area contributed by atoms with Gasteiger partial charge in [0.15, 0.2) is 0 Å². The van der Waals surface area contributed by atoms with Crippen molar-refractivity contribution in [2.75, 3.05) is 12.4 Å². The van der Waals surface area contributed by atoms with Gasteiger partial charge < -0.3 is 14.6 Å². The maximum Gasteiger partial charge on any atom is 0.260 e. The molecule has 5 nitrogen and oxygen atoms in total. The van der Waals surface area contributed by atoms with Crippen LogP contribution in [0.2, 0.25) is 5.02 Å². The van der Waals surface area contributed by atoms with E-state index in [-0.39, 0.29) is 5.91 Å². The normalized spacial score (nSPS) is 10.2. The summed E-state index contributed by atoms with van der Waals surface area (Å²) in [6, 6.07) is 4.97. The molecule has 2 aromatic rings. The monoisotopic (exact) mass is 266 g/mol. The van der Waals surface area contributed by atoms with E-state index in [4.69, 9.17) is 20.9 Å². The molecule has 0 fully saturated rings. The third kappa shape index (κ3) is 2.46. The van der Waals surface area contributed by atoms with Crippen molar-refractivity contribution in [3.8, 4) is 5.75 Å². The van der Waals surface area contributed by atoms with Crippen molar-refractivity contribution in [1.82, 2.24) is 5.16 Å². The first-order valence-corrected chi connectivity index (χ1v) is 5.56. The van der Waals surface area contributed by atoms with Gasteiger partial charge in [-0.05, 0) is 25.1 Å². The Hall–Kier alpha value is -2.01. The van der Waals surface area contributed by atoms with Crippen LogP contribution in [0.4, 0.5) is 5.69 Å². The van der Waals surface area contributed by atoms with Crippen molar-refractivity contribution in [2.24, 2.45) is 0 Å². The Balaban J connectivity index is 2.27. The van der Waals surface area contributed by atoms with Crippen LogP contribution in [-0.2, 0) is 0 Å². The summed E-state index contributed by atoms with van der Waals surface area (Å²) >= 11 is 5.88. The van der Waals surface area contributed by atoms with Crippen molar-refractivity contribution >= 4 is 23.2 Å². The molecule has 0 saturated heterocycles. The maximum absolute atomic E-state index is 12.0. The molecule has 6 heteroatoms. The lowest BCUT2D eigenvalue weighted by Crippen LogP contribution is -2.12. The van der Waals surface area contributed by atoms with Gasteiger partial charge in [0.2, 0.25) is 0 Å². The van der Waals surface area contributed by atoms with Crippen molar-refractivity contribution in [1.29, 1.82) is 0 Å². The summed E-state index contributed by atoms with van der Waals surface area (Å²) in [5.41, 5.74) is 0.868. The third-order valence-corrected chi connectivity index (χ3v) is 2.64. The number of ether oxygens (including phenoxy) is 1. The van der Waals surface area contributed by atoms with Gasteiger partial charge >= 0.3 is 0 Å². The smallest absolute Gasteiger partial charge is 0.260 e. The molecular weight excluding hydrogens is 256 g/mol. The van der Waals surface area contributed by atoms with Crippen molar-refractivity contribution in [2.45, 2.75) is 6.92 Å². The van der Waals surface area contributed by atoms with Crippen molar-refractivity contribution in [3.05, 3.63) is 40.7 Å². The maximum atomic E-state index is 12.0. The van der Waals surface area contributed by atoms with E-state index in [1.807, 2.05) is 0 Å². The minimum atomic E-state index is -0.325. The zero-order chi connectivity index (χ0) is 13.1. The van der Waals surface area contributed by atoms with Crippen LogP contribution >= 0.6 is 11.6 Å². The Morgan fingerprint density at radius 3 is 2.89 bits per heavy atom. The quantitative estimate of drug-likeness (QED) is 0.928. The lowest BCUT2D eigenvalue weighted by Gasteiger charge is -2.09. The molecule has 2 rings (SSSR count). The van der Waals surface area contributed by atoms with Gasteiger partial charge in [-0.15, -0.1) is 0 Å². The molecule has 0 aliphatic carbocycles. The molecule has 0 spiro atoms. The number of anilines is 1. The Morgan fingerprint density at radius 1 is 1.50 bits per heavy atom. The molecule has 94 valence electrons. The van der Waals surface area contributed by atoms with Crippen LogP contribution in [0.5, 0.6) is 5.75 Å². The third-order valence-electron chi connectivity index (χ3n) is 2.41. The zero-order valence-electron chi connectivity index (χ0n) is 9.86.